The third-order valence-corrected chi connectivity index (χ3v) is 3.13. The molecule has 1 fully saturated rings. The Morgan fingerprint density at radius 3 is 2.88 bits per heavy atom. The Morgan fingerprint density at radius 2 is 2.31 bits per heavy atom. The van der Waals surface area contributed by atoms with Gasteiger partial charge in [0.05, 0.1) is 16.5 Å². The molecule has 16 heavy (non-hydrogen) atoms. The van der Waals surface area contributed by atoms with Crippen LogP contribution < -0.4 is 4.90 Å². The topological polar surface area (TPSA) is 44.1 Å². The number of nitriles is 1. The highest BCUT2D eigenvalue weighted by atomic mass is 79.9. The standard InChI is InChI=1S/C11H8BrFN2O/c12-9-4-8(1-2-10(9)13)15-6-7(5-14)3-11(15)16/h1-2,4,7H,3,6H2. The fourth-order valence-corrected chi connectivity index (χ4v) is 2.06. The highest BCUT2D eigenvalue weighted by molar-refractivity contribution is 9.10. The molecule has 1 aliphatic heterocycles. The van der Waals surface area contributed by atoms with Crippen LogP contribution in [0.1, 0.15) is 6.42 Å². The highest BCUT2D eigenvalue weighted by Gasteiger charge is 2.30. The van der Waals surface area contributed by atoms with Crippen LogP contribution in [0.3, 0.4) is 0 Å². The van der Waals surface area contributed by atoms with E-state index in [0.717, 1.165) is 0 Å². The van der Waals surface area contributed by atoms with Crippen molar-refractivity contribution in [2.75, 3.05) is 11.4 Å². The predicted octanol–water partition coefficient (Wildman–Crippen LogP) is 2.46. The molecule has 1 unspecified atom stereocenters. The molecule has 0 N–H and O–H groups in total. The van der Waals surface area contributed by atoms with Crippen molar-refractivity contribution in [3.8, 4) is 6.07 Å². The van der Waals surface area contributed by atoms with Gasteiger partial charge in [-0.05, 0) is 34.1 Å². The first kappa shape index (κ1) is 11.1. The van der Waals surface area contributed by atoms with E-state index in [2.05, 4.69) is 22.0 Å². The van der Waals surface area contributed by atoms with E-state index in [0.29, 0.717) is 16.7 Å². The Bertz CT molecular complexity index is 483. The summed E-state index contributed by atoms with van der Waals surface area (Å²) in [4.78, 5) is 13.1. The molecule has 1 aromatic carbocycles. The molecule has 0 spiro atoms. The molecular weight excluding hydrogens is 275 g/mol. The largest absolute Gasteiger partial charge is 0.311 e. The van der Waals surface area contributed by atoms with E-state index < -0.39 is 0 Å². The summed E-state index contributed by atoms with van der Waals surface area (Å²) >= 11 is 3.07. The highest BCUT2D eigenvalue weighted by Crippen LogP contribution is 2.28. The van der Waals surface area contributed by atoms with Crippen LogP contribution in [0.2, 0.25) is 0 Å². The summed E-state index contributed by atoms with van der Waals surface area (Å²) in [5.74, 6) is -0.728. The van der Waals surface area contributed by atoms with Crippen LogP contribution in [0, 0.1) is 23.1 Å². The minimum atomic E-state index is -0.368. The second-order valence-electron chi connectivity index (χ2n) is 3.63. The van der Waals surface area contributed by atoms with Crippen molar-refractivity contribution in [3.05, 3.63) is 28.5 Å². The number of amides is 1. The zero-order chi connectivity index (χ0) is 11.7. The van der Waals surface area contributed by atoms with Crippen molar-refractivity contribution >= 4 is 27.5 Å². The van der Waals surface area contributed by atoms with E-state index in [1.54, 1.807) is 6.07 Å². The Kier molecular flexibility index (Phi) is 2.92. The zero-order valence-electron chi connectivity index (χ0n) is 8.28. The first-order valence-corrected chi connectivity index (χ1v) is 5.56. The predicted molar refractivity (Wildman–Crippen MR) is 60.2 cm³/mol. The van der Waals surface area contributed by atoms with Gasteiger partial charge in [-0.1, -0.05) is 0 Å². The summed E-state index contributed by atoms with van der Waals surface area (Å²) in [5.41, 5.74) is 0.621. The van der Waals surface area contributed by atoms with Crippen LogP contribution in [-0.2, 0) is 4.79 Å². The van der Waals surface area contributed by atoms with Gasteiger partial charge in [-0.3, -0.25) is 4.79 Å². The lowest BCUT2D eigenvalue weighted by molar-refractivity contribution is -0.117. The minimum absolute atomic E-state index is 0.0925. The number of carbonyl (C=O) groups excluding carboxylic acids is 1. The number of benzene rings is 1. The van der Waals surface area contributed by atoms with Crippen LogP contribution >= 0.6 is 15.9 Å². The van der Waals surface area contributed by atoms with Gasteiger partial charge in [-0.15, -0.1) is 0 Å². The van der Waals surface area contributed by atoms with E-state index >= 15 is 0 Å². The third kappa shape index (κ3) is 1.93. The molecule has 5 heteroatoms. The van der Waals surface area contributed by atoms with Crippen molar-refractivity contribution in [1.82, 2.24) is 0 Å². The Balaban J connectivity index is 2.29. The van der Waals surface area contributed by atoms with Gasteiger partial charge in [0, 0.05) is 18.7 Å². The molecule has 1 saturated heterocycles. The smallest absolute Gasteiger partial charge is 0.228 e. The van der Waals surface area contributed by atoms with Crippen LogP contribution in [-0.4, -0.2) is 12.5 Å². The summed E-state index contributed by atoms with van der Waals surface area (Å²) < 4.78 is 13.3. The van der Waals surface area contributed by atoms with Crippen LogP contribution in [0.15, 0.2) is 22.7 Å². The van der Waals surface area contributed by atoms with Gasteiger partial charge < -0.3 is 4.90 Å². The fourth-order valence-electron chi connectivity index (χ4n) is 1.70. The lowest BCUT2D eigenvalue weighted by atomic mass is 10.1. The summed E-state index contributed by atoms with van der Waals surface area (Å²) in [5, 5.41) is 8.75. The monoisotopic (exact) mass is 282 g/mol. The number of nitrogens with zero attached hydrogens (tertiary/aromatic N) is 2. The van der Waals surface area contributed by atoms with Gasteiger partial charge in [0.25, 0.3) is 0 Å². The van der Waals surface area contributed by atoms with E-state index in [9.17, 15) is 9.18 Å². The molecule has 1 heterocycles. The molecule has 3 nitrogen and oxygen atoms in total. The molecule has 0 saturated carbocycles. The molecule has 0 aliphatic carbocycles. The Labute approximate surface area is 101 Å². The van der Waals surface area contributed by atoms with Crippen LogP contribution in [0.25, 0.3) is 0 Å². The number of hydrogen-bond acceptors (Lipinski definition) is 2. The molecule has 1 atom stereocenters. The van der Waals surface area contributed by atoms with Crippen LogP contribution in [0.5, 0.6) is 0 Å². The van der Waals surface area contributed by atoms with Gasteiger partial charge in [0.2, 0.25) is 5.91 Å². The average Bonchev–Trinajstić information content (AvgIpc) is 2.64. The summed E-state index contributed by atoms with van der Waals surface area (Å²) in [6, 6.07) is 6.46. The molecule has 1 aromatic rings. The van der Waals surface area contributed by atoms with Crippen molar-refractivity contribution in [1.29, 1.82) is 5.26 Å². The Morgan fingerprint density at radius 1 is 1.56 bits per heavy atom. The van der Waals surface area contributed by atoms with Crippen molar-refractivity contribution in [3.63, 3.8) is 0 Å². The Hall–Kier alpha value is -1.41. The van der Waals surface area contributed by atoms with E-state index in [-0.39, 0.29) is 24.1 Å². The molecule has 82 valence electrons. The number of halogens is 2. The summed E-state index contributed by atoms with van der Waals surface area (Å²) in [6.07, 6.45) is 0.242. The quantitative estimate of drug-likeness (QED) is 0.794. The van der Waals surface area contributed by atoms with Gasteiger partial charge in [0.1, 0.15) is 5.82 Å². The first-order valence-electron chi connectivity index (χ1n) is 4.77. The number of hydrogen-bond donors (Lipinski definition) is 0. The molecule has 2 rings (SSSR count). The average molecular weight is 283 g/mol. The third-order valence-electron chi connectivity index (χ3n) is 2.52. The SMILES string of the molecule is N#CC1CC(=O)N(c2ccc(F)c(Br)c2)C1. The lowest BCUT2D eigenvalue weighted by Crippen LogP contribution is -2.24. The van der Waals surface area contributed by atoms with E-state index in [1.807, 2.05) is 0 Å². The molecule has 1 aliphatic rings. The van der Waals surface area contributed by atoms with Gasteiger partial charge in [0.15, 0.2) is 0 Å². The van der Waals surface area contributed by atoms with Gasteiger partial charge >= 0.3 is 0 Å². The molecule has 0 aromatic heterocycles. The number of rotatable bonds is 1. The molecular formula is C11H8BrFN2O. The molecule has 0 bridgehead atoms. The second kappa shape index (κ2) is 4.22. The van der Waals surface area contributed by atoms with Gasteiger partial charge in [-0.25, -0.2) is 4.39 Å². The number of anilines is 1. The first-order chi connectivity index (χ1) is 7.61. The maximum atomic E-state index is 13.0. The molecule has 0 radical (unpaired) electrons. The normalized spacial score (nSPS) is 19.9. The van der Waals surface area contributed by atoms with Gasteiger partial charge in [-0.2, -0.15) is 5.26 Å². The minimum Gasteiger partial charge on any atom is -0.311 e. The maximum absolute atomic E-state index is 13.0. The lowest BCUT2D eigenvalue weighted by Gasteiger charge is -2.16. The fraction of sp³-hybridized carbons (Fsp3) is 0.273. The second-order valence-corrected chi connectivity index (χ2v) is 4.49. The van der Waals surface area contributed by atoms with Crippen molar-refractivity contribution < 1.29 is 9.18 Å². The molecule has 1 amide bonds. The van der Waals surface area contributed by atoms with E-state index in [1.165, 1.54) is 17.0 Å². The van der Waals surface area contributed by atoms with Crippen LogP contribution in [0.4, 0.5) is 10.1 Å². The van der Waals surface area contributed by atoms with E-state index in [4.69, 9.17) is 5.26 Å². The zero-order valence-corrected chi connectivity index (χ0v) is 9.87. The summed E-state index contributed by atoms with van der Waals surface area (Å²) in [6.45, 7) is 0.382. The number of carbonyl (C=O) groups is 1. The van der Waals surface area contributed by atoms with Crippen molar-refractivity contribution in [2.24, 2.45) is 5.92 Å². The maximum Gasteiger partial charge on any atom is 0.228 e. The van der Waals surface area contributed by atoms with Crippen molar-refractivity contribution in [2.45, 2.75) is 6.42 Å². The summed E-state index contributed by atoms with van der Waals surface area (Å²) in [7, 11) is 0.